The molecule has 212 valence electrons. The molecule has 1 saturated heterocycles. The van der Waals surface area contributed by atoms with Crippen LogP contribution in [0.25, 0.3) is 0 Å². The fourth-order valence-corrected chi connectivity index (χ4v) is 5.76. The standard InChI is InChI=1S/C29H45ClN4O4/c1-20-19-33(17-16-25(20)34(28(37)32(5)6)23-10-8-7-9-11-23)26(35)24(31-27(36)38-29(2,3)4)18-21-12-14-22(30)15-13-21/h12-15,20,23-25H,7-11,16-19H2,1-6H3,(H,31,36)/t20-,24+,25-/m0/s1. The first-order valence-corrected chi connectivity index (χ1v) is 14.3. The molecule has 1 N–H and O–H groups in total. The number of amides is 4. The van der Waals surface area contributed by atoms with Gasteiger partial charge >= 0.3 is 12.1 Å². The van der Waals surface area contributed by atoms with E-state index in [1.165, 1.54) is 6.42 Å². The van der Waals surface area contributed by atoms with Gasteiger partial charge in [0.15, 0.2) is 0 Å². The molecule has 4 amide bonds. The van der Waals surface area contributed by atoms with Crippen molar-refractivity contribution >= 4 is 29.6 Å². The van der Waals surface area contributed by atoms with Gasteiger partial charge < -0.3 is 24.8 Å². The number of halogens is 1. The average molecular weight is 549 g/mol. The van der Waals surface area contributed by atoms with Gasteiger partial charge in [-0.2, -0.15) is 0 Å². The Labute approximate surface area is 233 Å². The molecular weight excluding hydrogens is 504 g/mol. The van der Waals surface area contributed by atoms with E-state index in [-0.39, 0.29) is 29.9 Å². The van der Waals surface area contributed by atoms with Crippen molar-refractivity contribution in [2.24, 2.45) is 5.92 Å². The van der Waals surface area contributed by atoms with Crippen molar-refractivity contribution in [3.63, 3.8) is 0 Å². The summed E-state index contributed by atoms with van der Waals surface area (Å²) < 4.78 is 5.46. The van der Waals surface area contributed by atoms with Crippen LogP contribution >= 0.6 is 11.6 Å². The number of hydrogen-bond acceptors (Lipinski definition) is 4. The van der Waals surface area contributed by atoms with Crippen LogP contribution in [-0.2, 0) is 16.0 Å². The Morgan fingerprint density at radius 2 is 1.71 bits per heavy atom. The SMILES string of the molecule is C[C@H]1CN(C(=O)[C@@H](Cc2ccc(Cl)cc2)NC(=O)OC(C)(C)C)CC[C@@H]1N(C(=O)N(C)C)C1CCCCC1. The lowest BCUT2D eigenvalue weighted by Crippen LogP contribution is -2.60. The molecule has 38 heavy (non-hydrogen) atoms. The van der Waals surface area contributed by atoms with Crippen LogP contribution in [0.5, 0.6) is 0 Å². The first-order chi connectivity index (χ1) is 17.9. The first kappa shape index (κ1) is 30.1. The van der Waals surface area contributed by atoms with Crippen molar-refractivity contribution in [2.75, 3.05) is 27.2 Å². The quantitative estimate of drug-likeness (QED) is 0.521. The number of piperidine rings is 1. The van der Waals surface area contributed by atoms with Gasteiger partial charge in [-0.1, -0.05) is 49.9 Å². The molecule has 2 fully saturated rings. The highest BCUT2D eigenvalue weighted by Gasteiger charge is 2.40. The number of nitrogens with zero attached hydrogens (tertiary/aromatic N) is 3. The fraction of sp³-hybridized carbons (Fsp3) is 0.690. The average Bonchev–Trinajstić information content (AvgIpc) is 2.85. The Balaban J connectivity index is 1.75. The van der Waals surface area contributed by atoms with Gasteiger partial charge in [0.25, 0.3) is 0 Å². The Hall–Kier alpha value is -2.48. The summed E-state index contributed by atoms with van der Waals surface area (Å²) in [4.78, 5) is 45.3. The monoisotopic (exact) mass is 548 g/mol. The lowest BCUT2D eigenvalue weighted by molar-refractivity contribution is -0.136. The summed E-state index contributed by atoms with van der Waals surface area (Å²) >= 11 is 6.05. The van der Waals surface area contributed by atoms with Crippen LogP contribution in [0.15, 0.2) is 24.3 Å². The van der Waals surface area contributed by atoms with Crippen LogP contribution < -0.4 is 5.32 Å². The lowest BCUT2D eigenvalue weighted by atomic mass is 9.87. The molecule has 1 aromatic rings. The number of likely N-dealkylation sites (tertiary alicyclic amines) is 1. The van der Waals surface area contributed by atoms with E-state index in [9.17, 15) is 14.4 Å². The summed E-state index contributed by atoms with van der Waals surface area (Å²) in [6.45, 7) is 8.57. The van der Waals surface area contributed by atoms with Crippen molar-refractivity contribution < 1.29 is 19.1 Å². The van der Waals surface area contributed by atoms with Crippen LogP contribution in [0.2, 0.25) is 5.02 Å². The molecule has 0 bridgehead atoms. The van der Waals surface area contributed by atoms with E-state index in [4.69, 9.17) is 16.3 Å². The second kappa shape index (κ2) is 13.0. The number of rotatable bonds is 6. The Bertz CT molecular complexity index is 956. The number of alkyl carbamates (subject to hydrolysis) is 1. The lowest BCUT2D eigenvalue weighted by Gasteiger charge is -2.47. The van der Waals surface area contributed by atoms with Crippen LogP contribution in [0.4, 0.5) is 9.59 Å². The van der Waals surface area contributed by atoms with Crippen LogP contribution in [0.3, 0.4) is 0 Å². The largest absolute Gasteiger partial charge is 0.444 e. The molecular formula is C29H45ClN4O4. The summed E-state index contributed by atoms with van der Waals surface area (Å²) in [7, 11) is 3.62. The zero-order valence-corrected chi connectivity index (χ0v) is 24.6. The Morgan fingerprint density at radius 1 is 1.08 bits per heavy atom. The molecule has 0 unspecified atom stereocenters. The van der Waals surface area contributed by atoms with E-state index in [0.717, 1.165) is 31.2 Å². The van der Waals surface area contributed by atoms with E-state index in [1.807, 2.05) is 31.1 Å². The number of urea groups is 1. The Kier molecular flexibility index (Phi) is 10.3. The third kappa shape index (κ3) is 8.26. The summed E-state index contributed by atoms with van der Waals surface area (Å²) in [6.07, 6.45) is 6.02. The number of nitrogens with one attached hydrogen (secondary N) is 1. The highest BCUT2D eigenvalue weighted by atomic mass is 35.5. The van der Waals surface area contributed by atoms with E-state index >= 15 is 0 Å². The highest BCUT2D eigenvalue weighted by Crippen LogP contribution is 2.31. The summed E-state index contributed by atoms with van der Waals surface area (Å²) in [6, 6.07) is 6.90. The fourth-order valence-electron chi connectivity index (χ4n) is 5.63. The van der Waals surface area contributed by atoms with E-state index in [2.05, 4.69) is 17.1 Å². The molecule has 1 aliphatic carbocycles. The second-order valence-corrected chi connectivity index (χ2v) is 12.5. The van der Waals surface area contributed by atoms with Crippen molar-refractivity contribution in [3.8, 4) is 0 Å². The molecule has 1 aromatic carbocycles. The molecule has 1 aliphatic heterocycles. The van der Waals surface area contributed by atoms with Crippen LogP contribution in [0, 0.1) is 5.92 Å². The maximum Gasteiger partial charge on any atom is 0.408 e. The maximum absolute atomic E-state index is 13.8. The molecule has 1 heterocycles. The molecule has 3 rings (SSSR count). The number of carbonyl (C=O) groups excluding carboxylic acids is 3. The molecule has 1 saturated carbocycles. The zero-order valence-electron chi connectivity index (χ0n) is 23.8. The normalized spacial score (nSPS) is 21.4. The molecule has 0 aromatic heterocycles. The van der Waals surface area contributed by atoms with E-state index in [0.29, 0.717) is 31.0 Å². The topological polar surface area (TPSA) is 82.2 Å². The third-order valence-corrected chi connectivity index (χ3v) is 7.69. The minimum Gasteiger partial charge on any atom is -0.444 e. The van der Waals surface area contributed by atoms with Crippen molar-refractivity contribution in [2.45, 2.75) is 96.4 Å². The van der Waals surface area contributed by atoms with Crippen molar-refractivity contribution in [1.29, 1.82) is 0 Å². The van der Waals surface area contributed by atoms with E-state index < -0.39 is 17.7 Å². The molecule has 0 radical (unpaired) electrons. The maximum atomic E-state index is 13.8. The second-order valence-electron chi connectivity index (χ2n) is 12.0. The van der Waals surface area contributed by atoms with Gasteiger partial charge in [0.1, 0.15) is 11.6 Å². The zero-order chi connectivity index (χ0) is 28.0. The van der Waals surface area contributed by atoms with Crippen LogP contribution in [-0.4, -0.2) is 83.6 Å². The van der Waals surface area contributed by atoms with Gasteiger partial charge in [0, 0.05) is 50.7 Å². The minimum absolute atomic E-state index is 0.0562. The number of hydrogen-bond donors (Lipinski definition) is 1. The van der Waals surface area contributed by atoms with Gasteiger partial charge in [0.2, 0.25) is 5.91 Å². The van der Waals surface area contributed by atoms with Crippen molar-refractivity contribution in [1.82, 2.24) is 20.0 Å². The number of ether oxygens (including phenoxy) is 1. The summed E-state index contributed by atoms with van der Waals surface area (Å²) in [5, 5.41) is 3.42. The third-order valence-electron chi connectivity index (χ3n) is 7.44. The predicted molar refractivity (Wildman–Crippen MR) is 150 cm³/mol. The van der Waals surface area contributed by atoms with Gasteiger partial charge in [-0.25, -0.2) is 9.59 Å². The summed E-state index contributed by atoms with van der Waals surface area (Å²) in [5.41, 5.74) is 0.221. The molecule has 9 heteroatoms. The minimum atomic E-state index is -0.771. The number of benzene rings is 1. The molecule has 2 aliphatic rings. The molecule has 3 atom stereocenters. The van der Waals surface area contributed by atoms with Crippen molar-refractivity contribution in [3.05, 3.63) is 34.9 Å². The summed E-state index contributed by atoms with van der Waals surface area (Å²) in [5.74, 6) is -0.0319. The molecule has 0 spiro atoms. The smallest absolute Gasteiger partial charge is 0.408 e. The van der Waals surface area contributed by atoms with Gasteiger partial charge in [-0.3, -0.25) is 4.79 Å². The molecule has 8 nitrogen and oxygen atoms in total. The predicted octanol–water partition coefficient (Wildman–Crippen LogP) is 5.33. The Morgan fingerprint density at radius 3 is 2.26 bits per heavy atom. The van der Waals surface area contributed by atoms with Crippen LogP contribution in [0.1, 0.15) is 71.8 Å². The number of carbonyl (C=O) groups is 3. The van der Waals surface area contributed by atoms with Gasteiger partial charge in [-0.05, 0) is 63.6 Å². The first-order valence-electron chi connectivity index (χ1n) is 13.9. The van der Waals surface area contributed by atoms with E-state index in [1.54, 1.807) is 37.8 Å². The van der Waals surface area contributed by atoms with Gasteiger partial charge in [0.05, 0.1) is 0 Å². The van der Waals surface area contributed by atoms with Gasteiger partial charge in [-0.15, -0.1) is 0 Å². The highest BCUT2D eigenvalue weighted by molar-refractivity contribution is 6.30.